The summed E-state index contributed by atoms with van der Waals surface area (Å²) in [5, 5.41) is 11.8. The summed E-state index contributed by atoms with van der Waals surface area (Å²) in [4.78, 5) is 37.5. The molecule has 0 heterocycles. The predicted octanol–water partition coefficient (Wildman–Crippen LogP) is 20.6. The van der Waals surface area contributed by atoms with E-state index in [9.17, 15) is 19.5 Å². The molecular formula is C74H135NO8. The molecule has 9 nitrogen and oxygen atoms in total. The molecule has 0 aliphatic heterocycles. The summed E-state index contributed by atoms with van der Waals surface area (Å²) in [5.74, 6) is -2.28. The van der Waals surface area contributed by atoms with E-state index in [1.54, 1.807) is 0 Å². The lowest BCUT2D eigenvalue weighted by atomic mass is 10.0. The molecule has 0 aliphatic carbocycles. The molecule has 0 aromatic heterocycles. The average Bonchev–Trinajstić information content (AvgIpc) is 3.46. The smallest absolute Gasteiger partial charge is 0.306 e. The van der Waals surface area contributed by atoms with Gasteiger partial charge in [-0.3, -0.25) is 9.59 Å². The van der Waals surface area contributed by atoms with Crippen LogP contribution in [0, 0.1) is 0 Å². The van der Waals surface area contributed by atoms with Gasteiger partial charge in [0.25, 0.3) is 0 Å². The Morgan fingerprint density at radius 3 is 1.02 bits per heavy atom. The molecule has 0 spiro atoms. The molecule has 9 heteroatoms. The molecule has 2 atom stereocenters. The summed E-state index contributed by atoms with van der Waals surface area (Å²) in [6.07, 6.45) is 81.8. The van der Waals surface area contributed by atoms with Crippen molar-refractivity contribution < 1.29 is 42.9 Å². The zero-order chi connectivity index (χ0) is 60.5. The maximum atomic E-state index is 12.9. The van der Waals surface area contributed by atoms with E-state index in [1.807, 2.05) is 21.1 Å². The van der Waals surface area contributed by atoms with Gasteiger partial charge in [-0.2, -0.15) is 0 Å². The lowest BCUT2D eigenvalue weighted by Crippen LogP contribution is -2.44. The molecule has 484 valence electrons. The summed E-state index contributed by atoms with van der Waals surface area (Å²) < 4.78 is 22.8. The summed E-state index contributed by atoms with van der Waals surface area (Å²) >= 11 is 0. The average molecular weight is 1170 g/mol. The molecular weight excluding hydrogens is 1030 g/mol. The van der Waals surface area contributed by atoms with E-state index in [0.29, 0.717) is 23.9 Å². The normalized spacial score (nSPS) is 13.0. The van der Waals surface area contributed by atoms with Gasteiger partial charge in [-0.25, -0.2) is 0 Å². The zero-order valence-corrected chi connectivity index (χ0v) is 55.3. The zero-order valence-electron chi connectivity index (χ0n) is 55.3. The number of esters is 2. The van der Waals surface area contributed by atoms with Crippen molar-refractivity contribution in [2.45, 2.75) is 347 Å². The van der Waals surface area contributed by atoms with Crippen LogP contribution in [0.15, 0.2) is 60.8 Å². The SMILES string of the molecule is CC/C=C\C/C=C\C/C=C\C/C=C\C/C=C\CCCCCCCCCC(=O)OC(COC(=O)CCCCCCCCCCCCCCCCCCCCCCCCCCCCCCCCCCCCC)COC(OCC[N+](C)(C)C)C(=O)[O-]. The molecule has 2 unspecified atom stereocenters. The second-order valence-electron chi connectivity index (χ2n) is 25.2. The molecule has 0 amide bonds. The van der Waals surface area contributed by atoms with E-state index in [0.717, 1.165) is 77.0 Å². The number of quaternary nitrogens is 1. The van der Waals surface area contributed by atoms with Crippen LogP contribution in [0.5, 0.6) is 0 Å². The van der Waals surface area contributed by atoms with E-state index in [4.69, 9.17) is 18.9 Å². The number of carbonyl (C=O) groups excluding carboxylic acids is 3. The van der Waals surface area contributed by atoms with Crippen molar-refractivity contribution in [1.82, 2.24) is 0 Å². The highest BCUT2D eigenvalue weighted by atomic mass is 16.7. The van der Waals surface area contributed by atoms with Gasteiger partial charge >= 0.3 is 11.9 Å². The number of likely N-dealkylation sites (N-methyl/N-ethyl adjacent to an activating group) is 1. The highest BCUT2D eigenvalue weighted by Gasteiger charge is 2.22. The number of aliphatic carboxylic acids is 1. The molecule has 0 aromatic rings. The van der Waals surface area contributed by atoms with Crippen molar-refractivity contribution in [1.29, 1.82) is 0 Å². The van der Waals surface area contributed by atoms with Crippen LogP contribution in [0.4, 0.5) is 0 Å². The summed E-state index contributed by atoms with van der Waals surface area (Å²) in [6.45, 7) is 4.67. The molecule has 83 heavy (non-hydrogen) atoms. The van der Waals surface area contributed by atoms with Crippen molar-refractivity contribution in [3.05, 3.63) is 60.8 Å². The first kappa shape index (κ1) is 80.0. The van der Waals surface area contributed by atoms with Crippen molar-refractivity contribution in [2.75, 3.05) is 47.5 Å². The third kappa shape index (κ3) is 66.4. The molecule has 0 bridgehead atoms. The van der Waals surface area contributed by atoms with Crippen LogP contribution in [0.1, 0.15) is 335 Å². The number of nitrogens with zero attached hydrogens (tertiary/aromatic N) is 1. The molecule has 0 N–H and O–H groups in total. The highest BCUT2D eigenvalue weighted by molar-refractivity contribution is 5.70. The van der Waals surface area contributed by atoms with E-state index in [2.05, 4.69) is 74.6 Å². The quantitative estimate of drug-likeness (QED) is 0.0195. The van der Waals surface area contributed by atoms with Crippen LogP contribution in [-0.2, 0) is 33.3 Å². The minimum atomic E-state index is -1.63. The standard InChI is InChI=1S/C74H135NO8/c1-6-8-10-12-14-16-18-20-22-24-26-28-30-31-32-33-34-35-36-37-38-39-40-41-43-44-46-48-50-52-54-56-58-60-62-64-71(76)81-68-70(69-82-74(73(78)79)80-67-66-75(3,4)5)83-72(77)65-63-61-59-57-55-53-51-49-47-45-42-29-27-25-23-21-19-17-15-13-11-9-7-2/h9,11,15,17,21,23,27,29,45,47,70,74H,6-8,10,12-14,16,18-20,22,24-26,28,30-44,46,48-69H2,1-5H3/b11-9-,17-15-,23-21-,29-27-,47-45-. The Bertz CT molecular complexity index is 1550. The highest BCUT2D eigenvalue weighted by Crippen LogP contribution is 2.19. The van der Waals surface area contributed by atoms with Gasteiger partial charge in [0.15, 0.2) is 12.4 Å². The minimum Gasteiger partial charge on any atom is -0.545 e. The molecule has 0 aromatic carbocycles. The Hall–Kier alpha value is -3.01. The fourth-order valence-electron chi connectivity index (χ4n) is 10.4. The summed E-state index contributed by atoms with van der Waals surface area (Å²) in [6, 6.07) is 0. The van der Waals surface area contributed by atoms with E-state index in [-0.39, 0.29) is 32.2 Å². The monoisotopic (exact) mass is 1170 g/mol. The van der Waals surface area contributed by atoms with E-state index in [1.165, 1.54) is 225 Å². The van der Waals surface area contributed by atoms with Crippen LogP contribution in [-0.4, -0.2) is 82.3 Å². The molecule has 0 saturated carbocycles. The van der Waals surface area contributed by atoms with Crippen molar-refractivity contribution >= 4 is 17.9 Å². The van der Waals surface area contributed by atoms with Gasteiger partial charge in [0.05, 0.1) is 40.3 Å². The van der Waals surface area contributed by atoms with Gasteiger partial charge in [0.2, 0.25) is 0 Å². The van der Waals surface area contributed by atoms with Gasteiger partial charge in [-0.1, -0.05) is 325 Å². The topological polar surface area (TPSA) is 111 Å². The van der Waals surface area contributed by atoms with Gasteiger partial charge in [-0.05, 0) is 57.8 Å². The number of ether oxygens (including phenoxy) is 4. The van der Waals surface area contributed by atoms with Crippen LogP contribution >= 0.6 is 0 Å². The van der Waals surface area contributed by atoms with Crippen LogP contribution in [0.25, 0.3) is 0 Å². The van der Waals surface area contributed by atoms with Crippen molar-refractivity contribution in [3.63, 3.8) is 0 Å². The first-order valence-corrected chi connectivity index (χ1v) is 35.4. The number of carbonyl (C=O) groups is 3. The Morgan fingerprint density at radius 1 is 0.373 bits per heavy atom. The van der Waals surface area contributed by atoms with Gasteiger partial charge in [0, 0.05) is 12.8 Å². The number of allylic oxidation sites excluding steroid dienone is 10. The van der Waals surface area contributed by atoms with E-state index >= 15 is 0 Å². The first-order valence-electron chi connectivity index (χ1n) is 35.4. The van der Waals surface area contributed by atoms with Crippen LogP contribution in [0.2, 0.25) is 0 Å². The number of hydrogen-bond acceptors (Lipinski definition) is 8. The van der Waals surface area contributed by atoms with E-state index < -0.39 is 24.3 Å². The van der Waals surface area contributed by atoms with Gasteiger partial charge in [-0.15, -0.1) is 0 Å². The predicted molar refractivity (Wildman–Crippen MR) is 352 cm³/mol. The fourth-order valence-corrected chi connectivity index (χ4v) is 10.4. The lowest BCUT2D eigenvalue weighted by Gasteiger charge is -2.26. The van der Waals surface area contributed by atoms with Crippen molar-refractivity contribution in [3.8, 4) is 0 Å². The maximum absolute atomic E-state index is 12.9. The van der Waals surface area contributed by atoms with Crippen LogP contribution < -0.4 is 5.11 Å². The second-order valence-corrected chi connectivity index (χ2v) is 25.2. The number of rotatable bonds is 66. The largest absolute Gasteiger partial charge is 0.545 e. The number of carboxylic acids is 1. The molecule has 0 rings (SSSR count). The molecule has 0 radical (unpaired) electrons. The number of hydrogen-bond donors (Lipinski definition) is 0. The maximum Gasteiger partial charge on any atom is 0.306 e. The Morgan fingerprint density at radius 2 is 0.687 bits per heavy atom. The van der Waals surface area contributed by atoms with Crippen LogP contribution in [0.3, 0.4) is 0 Å². The Balaban J connectivity index is 4.04. The Labute approximate surface area is 514 Å². The fraction of sp³-hybridized carbons (Fsp3) is 0.824. The Kier molecular flexibility index (Phi) is 62.6. The molecule has 0 fully saturated rings. The molecule has 0 saturated heterocycles. The molecule has 0 aliphatic rings. The second kappa shape index (κ2) is 65.0. The van der Waals surface area contributed by atoms with Gasteiger partial charge in [0.1, 0.15) is 13.2 Å². The third-order valence-corrected chi connectivity index (χ3v) is 15.8. The van der Waals surface area contributed by atoms with Gasteiger partial charge < -0.3 is 33.3 Å². The summed E-state index contributed by atoms with van der Waals surface area (Å²) in [5.41, 5.74) is 0. The summed E-state index contributed by atoms with van der Waals surface area (Å²) in [7, 11) is 5.93. The first-order chi connectivity index (χ1) is 40.6. The third-order valence-electron chi connectivity index (χ3n) is 15.8. The minimum absolute atomic E-state index is 0.144. The van der Waals surface area contributed by atoms with Crippen molar-refractivity contribution in [2.24, 2.45) is 0 Å². The number of unbranched alkanes of at least 4 members (excludes halogenated alkanes) is 41. The lowest BCUT2D eigenvalue weighted by molar-refractivity contribution is -0.870. The number of carboxylic acid groups (broad SMARTS) is 1.